The van der Waals surface area contributed by atoms with E-state index in [0.29, 0.717) is 19.3 Å². The van der Waals surface area contributed by atoms with Crippen molar-refractivity contribution in [1.82, 2.24) is 0 Å². The van der Waals surface area contributed by atoms with Crippen molar-refractivity contribution in [2.24, 2.45) is 0 Å². The van der Waals surface area contributed by atoms with E-state index in [9.17, 15) is 14.4 Å². The van der Waals surface area contributed by atoms with Crippen LogP contribution in [0.3, 0.4) is 0 Å². The number of hydrogen-bond donors (Lipinski definition) is 0. The van der Waals surface area contributed by atoms with E-state index < -0.39 is 6.10 Å². The molecule has 0 spiro atoms. The van der Waals surface area contributed by atoms with Gasteiger partial charge in [0.05, 0.1) is 0 Å². The van der Waals surface area contributed by atoms with Crippen molar-refractivity contribution in [2.75, 3.05) is 13.2 Å². The van der Waals surface area contributed by atoms with E-state index in [-0.39, 0.29) is 31.1 Å². The number of esters is 3. The Balaban J connectivity index is 4.36. The van der Waals surface area contributed by atoms with Gasteiger partial charge in [0.2, 0.25) is 0 Å². The summed E-state index contributed by atoms with van der Waals surface area (Å²) in [5.74, 6) is -0.886. The molecule has 0 fully saturated rings. The van der Waals surface area contributed by atoms with Crippen molar-refractivity contribution < 1.29 is 28.6 Å². The van der Waals surface area contributed by atoms with E-state index in [1.165, 1.54) is 173 Å². The van der Waals surface area contributed by atoms with Gasteiger partial charge in [-0.05, 0) is 83.5 Å². The molecule has 0 N–H and O–H groups in total. The van der Waals surface area contributed by atoms with Crippen LogP contribution in [0.1, 0.15) is 316 Å². The Morgan fingerprint density at radius 1 is 0.296 bits per heavy atom. The quantitative estimate of drug-likeness (QED) is 0.0261. The molecule has 0 aromatic carbocycles. The molecule has 1 unspecified atom stereocenters. The van der Waals surface area contributed by atoms with Crippen molar-refractivity contribution in [3.8, 4) is 0 Å². The molecule has 0 radical (unpaired) electrons. The number of allylic oxidation sites excluding steroid dienone is 10. The molecule has 6 heteroatoms. The largest absolute Gasteiger partial charge is 0.462 e. The van der Waals surface area contributed by atoms with Crippen LogP contribution in [0.15, 0.2) is 60.8 Å². The van der Waals surface area contributed by atoms with E-state index in [1.54, 1.807) is 0 Å². The summed E-state index contributed by atoms with van der Waals surface area (Å²) in [6, 6.07) is 0. The van der Waals surface area contributed by atoms with Gasteiger partial charge in [-0.2, -0.15) is 0 Å². The van der Waals surface area contributed by atoms with Gasteiger partial charge in [0.15, 0.2) is 6.10 Å². The number of ether oxygens (including phenoxy) is 3. The molecular weight excluding hydrogens is 877 g/mol. The van der Waals surface area contributed by atoms with E-state index in [4.69, 9.17) is 14.2 Å². The fourth-order valence-electron chi connectivity index (χ4n) is 8.90. The topological polar surface area (TPSA) is 78.9 Å². The lowest BCUT2D eigenvalue weighted by Crippen LogP contribution is -2.30. The summed E-state index contributed by atoms with van der Waals surface area (Å²) in [7, 11) is 0. The Kier molecular flexibility index (Phi) is 57.2. The lowest BCUT2D eigenvalue weighted by atomic mass is 10.0. The molecule has 0 aliphatic heterocycles. The molecule has 71 heavy (non-hydrogen) atoms. The van der Waals surface area contributed by atoms with Crippen LogP contribution in [0.25, 0.3) is 0 Å². The maximum atomic E-state index is 12.9. The number of hydrogen-bond acceptors (Lipinski definition) is 6. The zero-order valence-electron chi connectivity index (χ0n) is 47.2. The first kappa shape index (κ1) is 68.1. The molecule has 0 aliphatic carbocycles. The van der Waals surface area contributed by atoms with Crippen LogP contribution in [-0.2, 0) is 28.6 Å². The second kappa shape index (κ2) is 59.7. The second-order valence-electron chi connectivity index (χ2n) is 20.6. The lowest BCUT2D eigenvalue weighted by molar-refractivity contribution is -0.167. The van der Waals surface area contributed by atoms with Gasteiger partial charge in [0.25, 0.3) is 0 Å². The lowest BCUT2D eigenvalue weighted by Gasteiger charge is -2.18. The average Bonchev–Trinajstić information content (AvgIpc) is 3.37. The molecule has 6 nitrogen and oxygen atoms in total. The summed E-state index contributed by atoms with van der Waals surface area (Å²) in [4.78, 5) is 38.2. The maximum Gasteiger partial charge on any atom is 0.306 e. The number of carbonyl (C=O) groups is 3. The SMILES string of the molecule is CC/C=C\C/C=C\C/C=C\C/C=C\CCCCCCCCC(=O)OC(COC(=O)CCCCCCC/C=C\CCCCCCC)COC(=O)CCCCCCCCCCCCCCCCCCCCCC. The monoisotopic (exact) mass is 993 g/mol. The van der Waals surface area contributed by atoms with Gasteiger partial charge < -0.3 is 14.2 Å². The van der Waals surface area contributed by atoms with Crippen LogP contribution in [0.4, 0.5) is 0 Å². The van der Waals surface area contributed by atoms with Crippen molar-refractivity contribution >= 4 is 17.9 Å². The molecule has 0 saturated heterocycles. The van der Waals surface area contributed by atoms with Crippen LogP contribution < -0.4 is 0 Å². The molecule has 0 aliphatic rings. The van der Waals surface area contributed by atoms with Gasteiger partial charge in [-0.1, -0.05) is 274 Å². The zero-order valence-corrected chi connectivity index (χ0v) is 47.2. The van der Waals surface area contributed by atoms with Crippen LogP contribution >= 0.6 is 0 Å². The highest BCUT2D eigenvalue weighted by atomic mass is 16.6. The third kappa shape index (κ3) is 57.9. The minimum absolute atomic E-state index is 0.0797. The zero-order chi connectivity index (χ0) is 51.4. The molecule has 412 valence electrons. The summed E-state index contributed by atoms with van der Waals surface area (Å²) in [6.07, 6.45) is 75.0. The van der Waals surface area contributed by atoms with Gasteiger partial charge in [0, 0.05) is 19.3 Å². The van der Waals surface area contributed by atoms with Crippen molar-refractivity contribution in [3.63, 3.8) is 0 Å². The van der Waals surface area contributed by atoms with Gasteiger partial charge in [-0.15, -0.1) is 0 Å². The van der Waals surface area contributed by atoms with Gasteiger partial charge in [0.1, 0.15) is 13.2 Å². The third-order valence-corrected chi connectivity index (χ3v) is 13.5. The standard InChI is InChI=1S/C65H116O6/c1-4-7-10-13-16-19-22-25-28-30-32-34-35-37-40-43-46-49-52-55-58-64(67)70-61-62(60-69-63(66)57-54-51-48-45-42-39-27-24-21-18-15-12-9-6-3)71-65(68)59-56-53-50-47-44-41-38-36-33-31-29-26-23-20-17-14-11-8-5-2/h8,11,17,20,24,26-27,29,33,36,62H,4-7,9-10,12-16,18-19,21-23,25,28,30-32,34-35,37-61H2,1-3H3/b11-8-,20-17-,27-24-,29-26-,36-33-. The first-order valence-electron chi connectivity index (χ1n) is 30.8. The van der Waals surface area contributed by atoms with Crippen LogP contribution in [0.5, 0.6) is 0 Å². The molecular formula is C65H116O6. The molecule has 0 aromatic rings. The molecule has 0 amide bonds. The van der Waals surface area contributed by atoms with E-state index in [2.05, 4.69) is 81.5 Å². The summed E-state index contributed by atoms with van der Waals surface area (Å²) >= 11 is 0. The van der Waals surface area contributed by atoms with E-state index >= 15 is 0 Å². The smallest absolute Gasteiger partial charge is 0.306 e. The second-order valence-corrected chi connectivity index (χ2v) is 20.6. The number of carbonyl (C=O) groups excluding carboxylic acids is 3. The predicted molar refractivity (Wildman–Crippen MR) is 307 cm³/mol. The highest BCUT2D eigenvalue weighted by Crippen LogP contribution is 2.17. The fourth-order valence-corrected chi connectivity index (χ4v) is 8.90. The van der Waals surface area contributed by atoms with E-state index in [0.717, 1.165) is 103 Å². The summed E-state index contributed by atoms with van der Waals surface area (Å²) < 4.78 is 16.9. The molecule has 0 aromatic heterocycles. The normalized spacial score (nSPS) is 12.4. The Morgan fingerprint density at radius 2 is 0.549 bits per heavy atom. The van der Waals surface area contributed by atoms with Crippen molar-refractivity contribution in [3.05, 3.63) is 60.8 Å². The Hall–Kier alpha value is -2.89. The molecule has 0 saturated carbocycles. The van der Waals surface area contributed by atoms with Gasteiger partial charge >= 0.3 is 17.9 Å². The number of unbranched alkanes of at least 4 members (excludes halogenated alkanes) is 35. The van der Waals surface area contributed by atoms with Gasteiger partial charge in [-0.3, -0.25) is 14.4 Å². The van der Waals surface area contributed by atoms with Crippen LogP contribution in [0.2, 0.25) is 0 Å². The highest BCUT2D eigenvalue weighted by molar-refractivity contribution is 5.71. The molecule has 0 rings (SSSR count). The van der Waals surface area contributed by atoms with Crippen molar-refractivity contribution in [2.45, 2.75) is 322 Å². The molecule has 0 bridgehead atoms. The first-order valence-corrected chi connectivity index (χ1v) is 30.8. The summed E-state index contributed by atoms with van der Waals surface area (Å²) in [5.41, 5.74) is 0. The van der Waals surface area contributed by atoms with Crippen molar-refractivity contribution in [1.29, 1.82) is 0 Å². The Morgan fingerprint density at radius 3 is 0.873 bits per heavy atom. The van der Waals surface area contributed by atoms with Crippen LogP contribution in [-0.4, -0.2) is 37.2 Å². The minimum atomic E-state index is -0.784. The number of rotatable bonds is 56. The van der Waals surface area contributed by atoms with E-state index in [1.807, 2.05) is 0 Å². The third-order valence-electron chi connectivity index (χ3n) is 13.5. The Bertz CT molecular complexity index is 1280. The minimum Gasteiger partial charge on any atom is -0.462 e. The predicted octanol–water partition coefficient (Wildman–Crippen LogP) is 20.8. The summed E-state index contributed by atoms with van der Waals surface area (Å²) in [5, 5.41) is 0. The first-order chi connectivity index (χ1) is 35.0. The summed E-state index contributed by atoms with van der Waals surface area (Å²) in [6.45, 7) is 6.54. The molecule has 1 atom stereocenters. The Labute approximate surface area is 440 Å². The van der Waals surface area contributed by atoms with Crippen LogP contribution in [0, 0.1) is 0 Å². The average molecular weight is 994 g/mol. The van der Waals surface area contributed by atoms with Gasteiger partial charge in [-0.25, -0.2) is 0 Å². The fraction of sp³-hybridized carbons (Fsp3) is 0.800. The maximum absolute atomic E-state index is 12.9. The highest BCUT2D eigenvalue weighted by Gasteiger charge is 2.19. The molecule has 0 heterocycles.